The Morgan fingerprint density at radius 1 is 1.47 bits per heavy atom. The molecule has 1 saturated heterocycles. The summed E-state index contributed by atoms with van der Waals surface area (Å²) in [6, 6.07) is 0. The van der Waals surface area contributed by atoms with Crippen molar-refractivity contribution in [3.63, 3.8) is 0 Å². The lowest BCUT2D eigenvalue weighted by Crippen LogP contribution is -2.18. The Kier molecular flexibility index (Phi) is 3.94. The van der Waals surface area contributed by atoms with E-state index < -0.39 is 0 Å². The first-order valence-electron chi connectivity index (χ1n) is 6.45. The maximum Gasteiger partial charge on any atom is 0.153 e. The van der Waals surface area contributed by atoms with Gasteiger partial charge in [-0.15, -0.1) is 0 Å². The van der Waals surface area contributed by atoms with Crippen LogP contribution in [0.15, 0.2) is 0 Å². The molecule has 0 radical (unpaired) electrons. The topological polar surface area (TPSA) is 44.1 Å². The number of hydrogen-bond donors (Lipinski definition) is 0. The van der Waals surface area contributed by atoms with Crippen molar-refractivity contribution in [2.75, 3.05) is 6.61 Å². The van der Waals surface area contributed by atoms with Crippen molar-refractivity contribution in [1.82, 2.24) is 9.78 Å². The molecule has 0 spiro atoms. The summed E-state index contributed by atoms with van der Waals surface area (Å²) in [6.07, 6.45) is 5.09. The van der Waals surface area contributed by atoms with Crippen LogP contribution < -0.4 is 0 Å². The summed E-state index contributed by atoms with van der Waals surface area (Å²) in [6.45, 7) is 5.74. The zero-order chi connectivity index (χ0) is 12.3. The van der Waals surface area contributed by atoms with Crippen molar-refractivity contribution < 1.29 is 9.53 Å². The lowest BCUT2D eigenvalue weighted by molar-refractivity contribution is 0.0930. The maximum absolute atomic E-state index is 11.1. The number of carbonyl (C=O) groups is 1. The smallest absolute Gasteiger partial charge is 0.153 e. The zero-order valence-electron chi connectivity index (χ0n) is 10.6. The highest BCUT2D eigenvalue weighted by Gasteiger charge is 2.20. The fraction of sp³-hybridized carbons (Fsp3) is 0.692. The summed E-state index contributed by atoms with van der Waals surface area (Å²) in [7, 11) is 0. The molecule has 1 atom stereocenters. The maximum atomic E-state index is 11.1. The van der Waals surface area contributed by atoms with Gasteiger partial charge < -0.3 is 4.74 Å². The number of nitrogens with zero attached hydrogens (tertiary/aromatic N) is 2. The van der Waals surface area contributed by atoms with E-state index in [4.69, 9.17) is 4.74 Å². The number of aromatic nitrogens is 2. The third kappa shape index (κ3) is 2.41. The Bertz CT molecular complexity index is 392. The van der Waals surface area contributed by atoms with Crippen molar-refractivity contribution >= 4 is 6.29 Å². The molecule has 1 aliphatic rings. The normalized spacial score (nSPS) is 19.8. The van der Waals surface area contributed by atoms with Crippen LogP contribution in [0, 0.1) is 0 Å². The van der Waals surface area contributed by atoms with E-state index in [2.05, 4.69) is 12.0 Å². The van der Waals surface area contributed by atoms with Gasteiger partial charge in [-0.25, -0.2) is 0 Å². The molecule has 2 heterocycles. The number of aryl methyl sites for hydroxylation is 1. The second-order valence-corrected chi connectivity index (χ2v) is 4.45. The minimum atomic E-state index is 0.268. The summed E-state index contributed by atoms with van der Waals surface area (Å²) < 4.78 is 7.59. The number of hydrogen-bond acceptors (Lipinski definition) is 3. The van der Waals surface area contributed by atoms with Crippen LogP contribution in [0.2, 0.25) is 0 Å². The average molecular weight is 236 g/mol. The van der Waals surface area contributed by atoms with Gasteiger partial charge in [-0.1, -0.05) is 13.8 Å². The van der Waals surface area contributed by atoms with E-state index in [0.717, 1.165) is 62.1 Å². The minimum absolute atomic E-state index is 0.268. The van der Waals surface area contributed by atoms with Crippen molar-refractivity contribution in [2.45, 2.75) is 52.2 Å². The van der Waals surface area contributed by atoms with Gasteiger partial charge in [0.1, 0.15) is 0 Å². The van der Waals surface area contributed by atoms with Crippen LogP contribution in [0.5, 0.6) is 0 Å². The van der Waals surface area contributed by atoms with Crippen molar-refractivity contribution in [3.05, 3.63) is 17.0 Å². The Balaban J connectivity index is 2.25. The number of carbonyl (C=O) groups excluding carboxylic acids is 1. The number of rotatable bonds is 5. The molecule has 0 aromatic carbocycles. The Labute approximate surface area is 102 Å². The van der Waals surface area contributed by atoms with Gasteiger partial charge in [-0.2, -0.15) is 5.10 Å². The van der Waals surface area contributed by atoms with Gasteiger partial charge in [-0.05, 0) is 25.7 Å². The summed E-state index contributed by atoms with van der Waals surface area (Å²) in [4.78, 5) is 11.1. The Hall–Kier alpha value is -1.16. The summed E-state index contributed by atoms with van der Waals surface area (Å²) in [5, 5.41) is 4.54. The molecule has 0 amide bonds. The van der Waals surface area contributed by atoms with E-state index in [0.29, 0.717) is 0 Å². The second kappa shape index (κ2) is 5.45. The van der Waals surface area contributed by atoms with Gasteiger partial charge in [0.2, 0.25) is 0 Å². The molecule has 0 N–H and O–H groups in total. The first kappa shape index (κ1) is 12.3. The molecule has 0 aliphatic carbocycles. The molecule has 1 aromatic rings. The van der Waals surface area contributed by atoms with Crippen LogP contribution in [0.4, 0.5) is 0 Å². The zero-order valence-corrected chi connectivity index (χ0v) is 10.6. The highest BCUT2D eigenvalue weighted by atomic mass is 16.5. The molecule has 94 valence electrons. The molecular formula is C13H20N2O2. The summed E-state index contributed by atoms with van der Waals surface area (Å²) in [5.41, 5.74) is 2.75. The predicted octanol–water partition coefficient (Wildman–Crippen LogP) is 2.00. The molecule has 0 saturated carbocycles. The third-order valence-electron chi connectivity index (χ3n) is 3.36. The number of ether oxygens (including phenoxy) is 1. The first-order chi connectivity index (χ1) is 8.30. The fourth-order valence-electron chi connectivity index (χ4n) is 2.47. The molecule has 4 heteroatoms. The third-order valence-corrected chi connectivity index (χ3v) is 3.36. The molecule has 2 rings (SSSR count). The molecule has 1 unspecified atom stereocenters. The lowest BCUT2D eigenvalue weighted by atomic mass is 10.1. The average Bonchev–Trinajstić information content (AvgIpc) is 2.96. The van der Waals surface area contributed by atoms with Gasteiger partial charge in [0.05, 0.1) is 23.9 Å². The fourth-order valence-corrected chi connectivity index (χ4v) is 2.47. The monoisotopic (exact) mass is 236 g/mol. The van der Waals surface area contributed by atoms with E-state index in [1.54, 1.807) is 0 Å². The molecule has 0 bridgehead atoms. The first-order valence-corrected chi connectivity index (χ1v) is 6.45. The lowest BCUT2D eigenvalue weighted by Gasteiger charge is -2.11. The van der Waals surface area contributed by atoms with Crippen LogP contribution in [-0.2, 0) is 24.1 Å². The molecule has 1 fully saturated rings. The van der Waals surface area contributed by atoms with Gasteiger partial charge in [0.25, 0.3) is 0 Å². The quantitative estimate of drug-likeness (QED) is 0.734. The van der Waals surface area contributed by atoms with Crippen LogP contribution in [0.1, 0.15) is 48.4 Å². The van der Waals surface area contributed by atoms with Crippen molar-refractivity contribution in [1.29, 1.82) is 0 Å². The highest BCUT2D eigenvalue weighted by molar-refractivity contribution is 5.78. The minimum Gasteiger partial charge on any atom is -0.376 e. The van der Waals surface area contributed by atoms with E-state index in [1.165, 1.54) is 0 Å². The van der Waals surface area contributed by atoms with E-state index in [-0.39, 0.29) is 6.10 Å². The van der Waals surface area contributed by atoms with Gasteiger partial charge in [0.15, 0.2) is 6.29 Å². The molecule has 4 nitrogen and oxygen atoms in total. The standard InChI is InChI=1S/C13H20N2O2/c1-3-12-11(9-16)13(4-2)15(14-12)8-10-6-5-7-17-10/h9-10H,3-8H2,1-2H3. The van der Waals surface area contributed by atoms with E-state index in [9.17, 15) is 4.79 Å². The summed E-state index contributed by atoms with van der Waals surface area (Å²) >= 11 is 0. The molecular weight excluding hydrogens is 216 g/mol. The SMILES string of the molecule is CCc1nn(CC2CCCO2)c(CC)c1C=O. The van der Waals surface area contributed by atoms with Crippen molar-refractivity contribution in [2.24, 2.45) is 0 Å². The van der Waals surface area contributed by atoms with Gasteiger partial charge in [-0.3, -0.25) is 9.48 Å². The Morgan fingerprint density at radius 2 is 2.29 bits per heavy atom. The van der Waals surface area contributed by atoms with Crippen LogP contribution in [0.3, 0.4) is 0 Å². The second-order valence-electron chi connectivity index (χ2n) is 4.45. The number of aldehydes is 1. The Morgan fingerprint density at radius 3 is 2.82 bits per heavy atom. The highest BCUT2D eigenvalue weighted by Crippen LogP contribution is 2.18. The predicted molar refractivity (Wildman–Crippen MR) is 65.3 cm³/mol. The van der Waals surface area contributed by atoms with Gasteiger partial charge in [0, 0.05) is 12.3 Å². The largest absolute Gasteiger partial charge is 0.376 e. The summed E-state index contributed by atoms with van der Waals surface area (Å²) in [5.74, 6) is 0. The van der Waals surface area contributed by atoms with Crippen LogP contribution in [-0.4, -0.2) is 28.8 Å². The van der Waals surface area contributed by atoms with E-state index in [1.807, 2.05) is 11.6 Å². The van der Waals surface area contributed by atoms with Gasteiger partial charge >= 0.3 is 0 Å². The van der Waals surface area contributed by atoms with Crippen molar-refractivity contribution in [3.8, 4) is 0 Å². The molecule has 17 heavy (non-hydrogen) atoms. The van der Waals surface area contributed by atoms with E-state index >= 15 is 0 Å². The van der Waals surface area contributed by atoms with Crippen LogP contribution >= 0.6 is 0 Å². The molecule has 1 aromatic heterocycles. The van der Waals surface area contributed by atoms with Crippen LogP contribution in [0.25, 0.3) is 0 Å². The molecule has 1 aliphatic heterocycles.